The minimum Gasteiger partial charge on any atom is -0.502 e. The number of allylic oxidation sites excluding steroid dienone is 2. The van der Waals surface area contributed by atoms with Crippen LogP contribution in [0.1, 0.15) is 34.2 Å². The van der Waals surface area contributed by atoms with Gasteiger partial charge in [0.15, 0.2) is 11.5 Å². The number of hydrogen-bond acceptors (Lipinski definition) is 6. The van der Waals surface area contributed by atoms with Crippen molar-refractivity contribution in [3.63, 3.8) is 0 Å². The summed E-state index contributed by atoms with van der Waals surface area (Å²) < 4.78 is 29.4. The van der Waals surface area contributed by atoms with E-state index in [1.54, 1.807) is 18.2 Å². The lowest BCUT2D eigenvalue weighted by atomic mass is 10.00. The molecule has 164 valence electrons. The molecule has 0 bridgehead atoms. The van der Waals surface area contributed by atoms with E-state index in [-0.39, 0.29) is 35.4 Å². The van der Waals surface area contributed by atoms with Gasteiger partial charge in [0.25, 0.3) is 5.91 Å². The van der Waals surface area contributed by atoms with Crippen LogP contribution in [0.3, 0.4) is 0 Å². The lowest BCUT2D eigenvalue weighted by molar-refractivity contribution is 0.0922. The van der Waals surface area contributed by atoms with Crippen molar-refractivity contribution in [2.75, 3.05) is 20.8 Å². The molecule has 2 aromatic carbocycles. The number of amides is 1. The Bertz CT molecular complexity index is 1220. The third-order valence-corrected chi connectivity index (χ3v) is 5.35. The van der Waals surface area contributed by atoms with Crippen LogP contribution in [0.2, 0.25) is 0 Å². The molecule has 3 aromatic rings. The summed E-state index contributed by atoms with van der Waals surface area (Å²) >= 11 is 0. The molecule has 4 rings (SSSR count). The average Bonchev–Trinajstić information content (AvgIpc) is 3.41. The molecule has 0 unspecified atom stereocenters. The maximum absolute atomic E-state index is 14.1. The van der Waals surface area contributed by atoms with Crippen molar-refractivity contribution in [3.8, 4) is 17.2 Å². The molecule has 0 saturated heterocycles. The zero-order valence-corrected chi connectivity index (χ0v) is 17.7. The molecule has 1 aromatic heterocycles. The SMILES string of the molecule is COc1cc(/C=C2/C(C)=C(CNC(=O)c3ccno3)c3cc(F)ccc32)cc(OC)c1O. The maximum Gasteiger partial charge on any atom is 0.290 e. The summed E-state index contributed by atoms with van der Waals surface area (Å²) in [7, 11) is 2.92. The number of aromatic nitrogens is 1. The van der Waals surface area contributed by atoms with Gasteiger partial charge in [0.1, 0.15) is 5.82 Å². The van der Waals surface area contributed by atoms with Crippen LogP contribution < -0.4 is 14.8 Å². The first kappa shape index (κ1) is 21.2. The molecule has 7 nitrogen and oxygen atoms in total. The van der Waals surface area contributed by atoms with Gasteiger partial charge in [-0.15, -0.1) is 0 Å². The zero-order chi connectivity index (χ0) is 22.8. The van der Waals surface area contributed by atoms with E-state index in [4.69, 9.17) is 14.0 Å². The molecule has 0 atom stereocenters. The Labute approximate surface area is 183 Å². The number of nitrogens with one attached hydrogen (secondary N) is 1. The topological polar surface area (TPSA) is 93.8 Å². The normalized spacial score (nSPS) is 13.9. The third-order valence-electron chi connectivity index (χ3n) is 5.35. The number of methoxy groups -OCH3 is 2. The number of aromatic hydroxyl groups is 1. The number of benzene rings is 2. The van der Waals surface area contributed by atoms with Crippen molar-refractivity contribution in [3.05, 3.63) is 76.4 Å². The molecule has 1 amide bonds. The average molecular weight is 436 g/mol. The van der Waals surface area contributed by atoms with E-state index in [0.29, 0.717) is 5.56 Å². The van der Waals surface area contributed by atoms with Crippen molar-refractivity contribution < 1.29 is 28.3 Å². The van der Waals surface area contributed by atoms with Gasteiger partial charge in [-0.25, -0.2) is 4.39 Å². The summed E-state index contributed by atoms with van der Waals surface area (Å²) in [6, 6.07) is 9.40. The highest BCUT2D eigenvalue weighted by molar-refractivity contribution is 6.06. The minimum absolute atomic E-state index is 0.0888. The van der Waals surface area contributed by atoms with Crippen LogP contribution in [0.5, 0.6) is 17.2 Å². The number of halogens is 1. The highest BCUT2D eigenvalue weighted by Crippen LogP contribution is 2.44. The summed E-state index contributed by atoms with van der Waals surface area (Å²) in [5.41, 5.74) is 4.79. The van der Waals surface area contributed by atoms with Crippen LogP contribution in [0.4, 0.5) is 4.39 Å². The quantitative estimate of drug-likeness (QED) is 0.599. The predicted molar refractivity (Wildman–Crippen MR) is 117 cm³/mol. The summed E-state index contributed by atoms with van der Waals surface area (Å²) in [5.74, 6) is -0.227. The van der Waals surface area contributed by atoms with Crippen LogP contribution in [0, 0.1) is 5.82 Å². The number of phenolic OH excluding ortho intramolecular Hbond substituents is 1. The third kappa shape index (κ3) is 3.82. The number of fused-ring (bicyclic) bond motifs is 1. The Balaban J connectivity index is 1.75. The molecule has 0 aliphatic heterocycles. The van der Waals surface area contributed by atoms with Crippen LogP contribution >= 0.6 is 0 Å². The first-order chi connectivity index (χ1) is 15.4. The monoisotopic (exact) mass is 436 g/mol. The molecular weight excluding hydrogens is 415 g/mol. The lowest BCUT2D eigenvalue weighted by Gasteiger charge is -2.11. The summed E-state index contributed by atoms with van der Waals surface area (Å²) in [6.07, 6.45) is 3.29. The Hall–Kier alpha value is -4.07. The fraction of sp³-hybridized carbons (Fsp3) is 0.167. The Morgan fingerprint density at radius 3 is 2.50 bits per heavy atom. The van der Waals surface area contributed by atoms with Crippen LogP contribution in [0.25, 0.3) is 17.2 Å². The van der Waals surface area contributed by atoms with Gasteiger partial charge in [0.2, 0.25) is 11.5 Å². The molecular formula is C24H21FN2O5. The van der Waals surface area contributed by atoms with Gasteiger partial charge in [0.05, 0.1) is 20.4 Å². The van der Waals surface area contributed by atoms with Gasteiger partial charge in [-0.05, 0) is 70.7 Å². The van der Waals surface area contributed by atoms with Crippen LogP contribution in [0.15, 0.2) is 52.7 Å². The molecule has 8 heteroatoms. The van der Waals surface area contributed by atoms with Crippen molar-refractivity contribution in [2.24, 2.45) is 0 Å². The Morgan fingerprint density at radius 1 is 1.16 bits per heavy atom. The van der Waals surface area contributed by atoms with Crippen LogP contribution in [-0.2, 0) is 0 Å². The lowest BCUT2D eigenvalue weighted by Crippen LogP contribution is -2.24. The molecule has 32 heavy (non-hydrogen) atoms. The second-order valence-corrected chi connectivity index (χ2v) is 7.18. The predicted octanol–water partition coefficient (Wildman–Crippen LogP) is 4.29. The molecule has 1 aliphatic carbocycles. The number of phenols is 1. The van der Waals surface area contributed by atoms with Crippen molar-refractivity contribution in [1.29, 1.82) is 0 Å². The van der Waals surface area contributed by atoms with E-state index < -0.39 is 5.91 Å². The van der Waals surface area contributed by atoms with E-state index in [1.165, 1.54) is 38.6 Å². The zero-order valence-electron chi connectivity index (χ0n) is 17.7. The first-order valence-corrected chi connectivity index (χ1v) is 9.79. The number of hydrogen-bond donors (Lipinski definition) is 2. The molecule has 0 fully saturated rings. The van der Waals surface area contributed by atoms with Gasteiger partial charge < -0.3 is 24.4 Å². The fourth-order valence-corrected chi connectivity index (χ4v) is 3.73. The molecule has 0 radical (unpaired) electrons. The van der Waals surface area contributed by atoms with Crippen molar-refractivity contribution in [2.45, 2.75) is 6.92 Å². The number of carbonyl (C=O) groups is 1. The number of carbonyl (C=O) groups excluding carboxylic acids is 1. The second-order valence-electron chi connectivity index (χ2n) is 7.18. The van der Waals surface area contributed by atoms with E-state index in [0.717, 1.165) is 27.8 Å². The number of ether oxygens (including phenoxy) is 2. The van der Waals surface area contributed by atoms with E-state index in [1.807, 2.05) is 13.0 Å². The minimum atomic E-state index is -0.411. The number of rotatable bonds is 6. The molecule has 1 aliphatic rings. The van der Waals surface area contributed by atoms with Gasteiger partial charge in [-0.1, -0.05) is 11.2 Å². The Morgan fingerprint density at radius 2 is 1.88 bits per heavy atom. The van der Waals surface area contributed by atoms with Gasteiger partial charge >= 0.3 is 0 Å². The molecule has 0 spiro atoms. The molecule has 0 saturated carbocycles. The van der Waals surface area contributed by atoms with Gasteiger partial charge in [0, 0.05) is 12.6 Å². The summed E-state index contributed by atoms with van der Waals surface area (Å²) in [6.45, 7) is 2.09. The van der Waals surface area contributed by atoms with Gasteiger partial charge in [-0.3, -0.25) is 4.79 Å². The maximum atomic E-state index is 14.1. The van der Waals surface area contributed by atoms with Crippen molar-refractivity contribution >= 4 is 23.1 Å². The largest absolute Gasteiger partial charge is 0.502 e. The van der Waals surface area contributed by atoms with E-state index >= 15 is 0 Å². The van der Waals surface area contributed by atoms with E-state index in [2.05, 4.69) is 10.5 Å². The second kappa shape index (κ2) is 8.58. The smallest absolute Gasteiger partial charge is 0.290 e. The summed E-state index contributed by atoms with van der Waals surface area (Å²) in [5, 5.41) is 16.5. The van der Waals surface area contributed by atoms with Crippen LogP contribution in [-0.4, -0.2) is 36.9 Å². The highest BCUT2D eigenvalue weighted by Gasteiger charge is 2.25. The number of nitrogens with zero attached hydrogens (tertiary/aromatic N) is 1. The molecule has 1 heterocycles. The van der Waals surface area contributed by atoms with Crippen molar-refractivity contribution in [1.82, 2.24) is 10.5 Å². The summed E-state index contributed by atoms with van der Waals surface area (Å²) in [4.78, 5) is 12.3. The van der Waals surface area contributed by atoms with Gasteiger partial charge in [-0.2, -0.15) is 0 Å². The highest BCUT2D eigenvalue weighted by atomic mass is 19.1. The Kier molecular flexibility index (Phi) is 5.68. The fourth-order valence-electron chi connectivity index (χ4n) is 3.73. The molecule has 2 N–H and O–H groups in total. The first-order valence-electron chi connectivity index (χ1n) is 9.79. The standard InChI is InChI=1S/C24H21FN2O5/c1-13-17(8-14-9-21(30-2)23(28)22(10-14)31-3)16-5-4-15(25)11-18(16)19(13)12-26-24(29)20-6-7-27-32-20/h4-11,28H,12H2,1-3H3,(H,26,29)/b17-8-. The van der Waals surface area contributed by atoms with E-state index in [9.17, 15) is 14.3 Å².